The smallest absolute Gasteiger partial charge is 0.152 e. The molecular weight excluding hydrogens is 350 g/mol. The Labute approximate surface area is 156 Å². The van der Waals surface area contributed by atoms with Crippen molar-refractivity contribution in [3.05, 3.63) is 47.5 Å². The van der Waals surface area contributed by atoms with Crippen molar-refractivity contribution in [3.8, 4) is 11.1 Å². The molecule has 0 heterocycles. The summed E-state index contributed by atoms with van der Waals surface area (Å²) >= 11 is 2.80. The van der Waals surface area contributed by atoms with E-state index < -0.39 is 6.09 Å². The zero-order valence-corrected chi connectivity index (χ0v) is 16.0. The van der Waals surface area contributed by atoms with E-state index in [1.165, 1.54) is 34.7 Å². The van der Waals surface area contributed by atoms with Gasteiger partial charge in [-0.15, -0.1) is 11.8 Å². The van der Waals surface area contributed by atoms with E-state index in [1.54, 1.807) is 18.0 Å². The molecule has 0 spiro atoms. The first-order valence-electron chi connectivity index (χ1n) is 8.50. The van der Waals surface area contributed by atoms with E-state index in [2.05, 4.69) is 24.3 Å². The van der Waals surface area contributed by atoms with Gasteiger partial charge < -0.3 is 9.90 Å². The van der Waals surface area contributed by atoms with Crippen molar-refractivity contribution in [2.24, 2.45) is 0 Å². The first kappa shape index (κ1) is 16.9. The number of amides is 1. The number of hydrogen-bond acceptors (Lipinski definition) is 4. The predicted molar refractivity (Wildman–Crippen MR) is 104 cm³/mol. The third kappa shape index (κ3) is 2.74. The van der Waals surface area contributed by atoms with E-state index in [9.17, 15) is 9.90 Å². The van der Waals surface area contributed by atoms with Gasteiger partial charge in [0.15, 0.2) is 6.09 Å². The van der Waals surface area contributed by atoms with E-state index in [1.807, 2.05) is 18.4 Å². The van der Waals surface area contributed by atoms with Gasteiger partial charge >= 0.3 is 0 Å². The van der Waals surface area contributed by atoms with Gasteiger partial charge in [0.2, 0.25) is 0 Å². The Morgan fingerprint density at radius 3 is 2.56 bits per heavy atom. The highest BCUT2D eigenvalue weighted by atomic mass is 32.2. The monoisotopic (exact) mass is 370 g/mol. The van der Waals surface area contributed by atoms with Gasteiger partial charge in [0.05, 0.1) is 5.69 Å². The minimum absolute atomic E-state index is 0.683. The van der Waals surface area contributed by atoms with Crippen molar-refractivity contribution in [1.82, 2.24) is 0 Å². The van der Waals surface area contributed by atoms with Crippen LogP contribution in [0.4, 0.5) is 10.5 Å². The minimum Gasteiger partial charge on any atom is -0.529 e. The lowest BCUT2D eigenvalue weighted by molar-refractivity contribution is -0.244. The molecule has 1 fully saturated rings. The van der Waals surface area contributed by atoms with Crippen molar-refractivity contribution >= 4 is 35.5 Å². The van der Waals surface area contributed by atoms with Crippen molar-refractivity contribution in [2.75, 3.05) is 16.8 Å². The van der Waals surface area contributed by atoms with Crippen LogP contribution in [-0.4, -0.2) is 18.6 Å². The highest BCUT2D eigenvalue weighted by Gasteiger charge is 2.36. The van der Waals surface area contributed by atoms with Crippen LogP contribution in [0.25, 0.3) is 11.1 Å². The summed E-state index contributed by atoms with van der Waals surface area (Å²) in [4.78, 5) is 12.7. The molecule has 2 aromatic carbocycles. The lowest BCUT2D eigenvalue weighted by Gasteiger charge is -2.26. The van der Waals surface area contributed by atoms with E-state index in [0.717, 1.165) is 33.9 Å². The quantitative estimate of drug-likeness (QED) is 0.569. The third-order valence-corrected chi connectivity index (χ3v) is 6.97. The molecule has 130 valence electrons. The van der Waals surface area contributed by atoms with Crippen LogP contribution in [0.1, 0.15) is 42.2 Å². The van der Waals surface area contributed by atoms with Crippen LogP contribution in [-0.2, 0) is 0 Å². The second kappa shape index (κ2) is 6.61. The molecule has 0 aliphatic heterocycles. The third-order valence-electron chi connectivity index (χ3n) is 5.48. The molecule has 0 aromatic heterocycles. The number of benzene rings is 2. The molecule has 1 saturated carbocycles. The van der Waals surface area contributed by atoms with Crippen LogP contribution in [0.2, 0.25) is 0 Å². The van der Waals surface area contributed by atoms with Crippen molar-refractivity contribution < 1.29 is 9.90 Å². The molecule has 2 aliphatic rings. The SMILES string of the molecule is CSc1cccc(N(SC)C(=O)[O-])c1-c1ccc2c(c1)C1CCC2C1. The lowest BCUT2D eigenvalue weighted by atomic mass is 9.89. The summed E-state index contributed by atoms with van der Waals surface area (Å²) in [5, 5.41) is 11.6. The summed E-state index contributed by atoms with van der Waals surface area (Å²) in [5.41, 5.74) is 5.75. The van der Waals surface area contributed by atoms with Crippen LogP contribution < -0.4 is 9.41 Å². The van der Waals surface area contributed by atoms with Crippen LogP contribution in [0.3, 0.4) is 0 Å². The second-order valence-electron chi connectivity index (χ2n) is 6.65. The zero-order valence-electron chi connectivity index (χ0n) is 14.3. The fourth-order valence-corrected chi connectivity index (χ4v) is 5.56. The highest BCUT2D eigenvalue weighted by Crippen LogP contribution is 2.54. The number of carbonyl (C=O) groups excluding carboxylic acids is 1. The Morgan fingerprint density at radius 2 is 1.88 bits per heavy atom. The van der Waals surface area contributed by atoms with Gasteiger partial charge in [-0.2, -0.15) is 0 Å². The van der Waals surface area contributed by atoms with Gasteiger partial charge in [-0.1, -0.05) is 24.3 Å². The minimum atomic E-state index is -1.19. The van der Waals surface area contributed by atoms with Crippen molar-refractivity contribution in [1.29, 1.82) is 0 Å². The number of thioether (sulfide) groups is 1. The fourth-order valence-electron chi connectivity index (χ4n) is 4.42. The van der Waals surface area contributed by atoms with Crippen molar-refractivity contribution in [3.63, 3.8) is 0 Å². The van der Waals surface area contributed by atoms with Gasteiger partial charge in [0.1, 0.15) is 0 Å². The number of hydrogen-bond donors (Lipinski definition) is 0. The Hall–Kier alpha value is -1.59. The Balaban J connectivity index is 1.88. The molecule has 2 unspecified atom stereocenters. The molecule has 1 amide bonds. The van der Waals surface area contributed by atoms with E-state index in [-0.39, 0.29) is 0 Å². The molecule has 2 atom stereocenters. The topological polar surface area (TPSA) is 43.4 Å². The first-order valence-corrected chi connectivity index (χ1v) is 10.9. The van der Waals surface area contributed by atoms with Gasteiger partial charge in [-0.25, -0.2) is 0 Å². The standard InChI is InChI=1S/C20H21NO2S2/c1-24-18-5-3-4-17(21(25-2)20(22)23)19(18)14-8-9-15-12-6-7-13(10-12)16(15)11-14/h3-5,8-9,11-13H,6-7,10H2,1-2H3,(H,22,23)/p-1. The zero-order chi connectivity index (χ0) is 17.6. The molecule has 25 heavy (non-hydrogen) atoms. The molecule has 0 radical (unpaired) electrons. The summed E-state index contributed by atoms with van der Waals surface area (Å²) in [7, 11) is 0. The summed E-state index contributed by atoms with van der Waals surface area (Å²) in [6.45, 7) is 0. The number of nitrogens with zero attached hydrogens (tertiary/aromatic N) is 1. The maximum atomic E-state index is 11.6. The number of carboxylic acid groups (broad SMARTS) is 1. The molecule has 0 N–H and O–H groups in total. The van der Waals surface area contributed by atoms with Gasteiger partial charge in [-0.3, -0.25) is 4.31 Å². The fraction of sp³-hybridized carbons (Fsp3) is 0.350. The normalized spacial score (nSPS) is 20.6. The van der Waals surface area contributed by atoms with Crippen LogP contribution in [0, 0.1) is 0 Å². The molecule has 2 bridgehead atoms. The number of carbonyl (C=O) groups is 1. The second-order valence-corrected chi connectivity index (χ2v) is 8.23. The molecule has 2 aliphatic carbocycles. The largest absolute Gasteiger partial charge is 0.529 e. The molecule has 3 nitrogen and oxygen atoms in total. The van der Waals surface area contributed by atoms with Crippen LogP contribution >= 0.6 is 23.7 Å². The Kier molecular flexibility index (Phi) is 4.46. The van der Waals surface area contributed by atoms with Crippen molar-refractivity contribution in [2.45, 2.75) is 36.0 Å². The van der Waals surface area contributed by atoms with E-state index in [4.69, 9.17) is 0 Å². The molecule has 4 rings (SSSR count). The van der Waals surface area contributed by atoms with Gasteiger partial charge in [-0.05, 0) is 78.1 Å². The van der Waals surface area contributed by atoms with Gasteiger partial charge in [0.25, 0.3) is 0 Å². The highest BCUT2D eigenvalue weighted by molar-refractivity contribution is 8.00. The maximum Gasteiger partial charge on any atom is 0.152 e. The molecule has 5 heteroatoms. The lowest BCUT2D eigenvalue weighted by Crippen LogP contribution is -2.36. The summed E-state index contributed by atoms with van der Waals surface area (Å²) < 4.78 is 1.24. The maximum absolute atomic E-state index is 11.6. The average Bonchev–Trinajstić information content (AvgIpc) is 3.23. The predicted octanol–water partition coefficient (Wildman–Crippen LogP) is 4.87. The van der Waals surface area contributed by atoms with Gasteiger partial charge in [0, 0.05) is 16.7 Å². The number of anilines is 1. The Bertz CT molecular complexity index is 836. The molecule has 0 saturated heterocycles. The number of rotatable bonds is 4. The first-order chi connectivity index (χ1) is 12.1. The average molecular weight is 371 g/mol. The number of fused-ring (bicyclic) bond motifs is 5. The molecule has 2 aromatic rings. The van der Waals surface area contributed by atoms with Crippen LogP contribution in [0.15, 0.2) is 41.3 Å². The van der Waals surface area contributed by atoms with Crippen LogP contribution in [0.5, 0.6) is 0 Å². The summed E-state index contributed by atoms with van der Waals surface area (Å²) in [6, 6.07) is 12.5. The molecular formula is C20H20NO2S2-. The Morgan fingerprint density at radius 1 is 1.12 bits per heavy atom. The van der Waals surface area contributed by atoms with E-state index >= 15 is 0 Å². The van der Waals surface area contributed by atoms with E-state index in [0.29, 0.717) is 11.6 Å². The summed E-state index contributed by atoms with van der Waals surface area (Å²) in [6.07, 6.45) is 6.48. The summed E-state index contributed by atoms with van der Waals surface area (Å²) in [5.74, 6) is 1.41.